The minimum Gasteiger partial charge on any atom is -0.384 e. The number of hydrogen-bond acceptors (Lipinski definition) is 4. The zero-order chi connectivity index (χ0) is 14.1. The van der Waals surface area contributed by atoms with Crippen LogP contribution in [0.25, 0.3) is 0 Å². The molecule has 3 rings (SSSR count). The number of allylic oxidation sites excluding steroid dienone is 1. The molecule has 0 fully saturated rings. The van der Waals surface area contributed by atoms with E-state index in [0.29, 0.717) is 11.4 Å². The molecule has 20 heavy (non-hydrogen) atoms. The molecule has 2 aliphatic rings. The van der Waals surface area contributed by atoms with Crippen LogP contribution >= 0.6 is 0 Å². The summed E-state index contributed by atoms with van der Waals surface area (Å²) in [5, 5.41) is 12.2. The molecule has 0 aromatic heterocycles. The largest absolute Gasteiger partial charge is 0.384 e. The Morgan fingerprint density at radius 2 is 2.10 bits per heavy atom. The van der Waals surface area contributed by atoms with Gasteiger partial charge in [0.1, 0.15) is 17.5 Å². The Hall–Kier alpha value is -2.67. The molecule has 1 aromatic carbocycles. The van der Waals surface area contributed by atoms with E-state index in [1.807, 2.05) is 12.4 Å². The van der Waals surface area contributed by atoms with Gasteiger partial charge in [-0.3, -0.25) is 0 Å². The molecule has 0 atom stereocenters. The third-order valence-corrected chi connectivity index (χ3v) is 3.59. The first-order valence-electron chi connectivity index (χ1n) is 6.55. The van der Waals surface area contributed by atoms with Gasteiger partial charge in [-0.15, -0.1) is 0 Å². The zero-order valence-electron chi connectivity index (χ0n) is 11.4. The molecular weight excluding hydrogens is 248 g/mol. The standard InChI is InChI=1S/C16H16N4/c1-11-2-4-12(5-3-11)8-20-9-13-7-19-16(18)14(6-17)15(13)10-20/h2-5,7,10,19H,8-9,18H2,1H3. The number of hydrogen-bond donors (Lipinski definition) is 2. The van der Waals surface area contributed by atoms with Crippen molar-refractivity contribution in [3.05, 3.63) is 70.3 Å². The normalized spacial score (nSPS) is 17.1. The summed E-state index contributed by atoms with van der Waals surface area (Å²) in [6, 6.07) is 10.7. The minimum absolute atomic E-state index is 0.430. The second-order valence-electron chi connectivity index (χ2n) is 5.15. The van der Waals surface area contributed by atoms with E-state index in [1.165, 1.54) is 11.1 Å². The van der Waals surface area contributed by atoms with Crippen LogP contribution in [0.5, 0.6) is 0 Å². The number of fused-ring (bicyclic) bond motifs is 1. The Kier molecular flexibility index (Phi) is 2.96. The Morgan fingerprint density at radius 1 is 1.35 bits per heavy atom. The van der Waals surface area contributed by atoms with Crippen molar-refractivity contribution in [2.45, 2.75) is 13.5 Å². The number of benzene rings is 1. The monoisotopic (exact) mass is 264 g/mol. The Bertz CT molecular complexity index is 671. The molecule has 4 heteroatoms. The van der Waals surface area contributed by atoms with Gasteiger partial charge in [0, 0.05) is 31.1 Å². The molecule has 3 N–H and O–H groups in total. The van der Waals surface area contributed by atoms with Crippen LogP contribution in [-0.4, -0.2) is 11.4 Å². The number of nitrogens with two attached hydrogens (primary N) is 1. The van der Waals surface area contributed by atoms with E-state index in [0.717, 1.165) is 24.2 Å². The van der Waals surface area contributed by atoms with Gasteiger partial charge in [-0.05, 0) is 18.1 Å². The summed E-state index contributed by atoms with van der Waals surface area (Å²) in [5.41, 5.74) is 10.9. The highest BCUT2D eigenvalue weighted by molar-refractivity contribution is 5.59. The van der Waals surface area contributed by atoms with Gasteiger partial charge in [-0.1, -0.05) is 29.8 Å². The average Bonchev–Trinajstić information content (AvgIpc) is 2.84. The van der Waals surface area contributed by atoms with Gasteiger partial charge in [0.25, 0.3) is 0 Å². The maximum atomic E-state index is 9.20. The molecular formula is C16H16N4. The van der Waals surface area contributed by atoms with E-state index in [-0.39, 0.29) is 0 Å². The maximum absolute atomic E-state index is 9.20. The maximum Gasteiger partial charge on any atom is 0.119 e. The van der Waals surface area contributed by atoms with E-state index in [9.17, 15) is 5.26 Å². The summed E-state index contributed by atoms with van der Waals surface area (Å²) in [5.74, 6) is 0.430. The first-order valence-corrected chi connectivity index (χ1v) is 6.55. The predicted molar refractivity (Wildman–Crippen MR) is 77.7 cm³/mol. The molecule has 4 nitrogen and oxygen atoms in total. The molecule has 0 spiro atoms. The molecule has 0 saturated carbocycles. The topological polar surface area (TPSA) is 65.1 Å². The van der Waals surface area contributed by atoms with Crippen molar-refractivity contribution >= 4 is 0 Å². The molecule has 0 saturated heterocycles. The van der Waals surface area contributed by atoms with Crippen molar-refractivity contribution in [2.24, 2.45) is 5.73 Å². The predicted octanol–water partition coefficient (Wildman–Crippen LogP) is 1.88. The lowest BCUT2D eigenvalue weighted by atomic mass is 10.0. The van der Waals surface area contributed by atoms with Gasteiger partial charge >= 0.3 is 0 Å². The van der Waals surface area contributed by atoms with E-state index in [2.05, 4.69) is 47.5 Å². The fourth-order valence-electron chi connectivity index (χ4n) is 2.50. The molecule has 2 aliphatic heterocycles. The van der Waals surface area contributed by atoms with Crippen molar-refractivity contribution < 1.29 is 0 Å². The number of dihydropyridines is 1. The number of rotatable bonds is 2. The average molecular weight is 264 g/mol. The fourth-order valence-corrected chi connectivity index (χ4v) is 2.50. The van der Waals surface area contributed by atoms with E-state index >= 15 is 0 Å². The third-order valence-electron chi connectivity index (χ3n) is 3.59. The first kappa shape index (κ1) is 12.4. The van der Waals surface area contributed by atoms with Gasteiger partial charge in [-0.2, -0.15) is 5.26 Å². The summed E-state index contributed by atoms with van der Waals surface area (Å²) in [6.07, 6.45) is 3.91. The molecule has 1 aromatic rings. The molecule has 0 bridgehead atoms. The van der Waals surface area contributed by atoms with Crippen molar-refractivity contribution in [3.8, 4) is 6.07 Å². The Labute approximate surface area is 118 Å². The van der Waals surface area contributed by atoms with Gasteiger partial charge in [0.15, 0.2) is 0 Å². The van der Waals surface area contributed by atoms with Crippen LogP contribution in [0.3, 0.4) is 0 Å². The summed E-state index contributed by atoms with van der Waals surface area (Å²) in [6.45, 7) is 3.72. The van der Waals surface area contributed by atoms with Crippen molar-refractivity contribution in [3.63, 3.8) is 0 Å². The quantitative estimate of drug-likeness (QED) is 0.856. The molecule has 0 unspecified atom stereocenters. The zero-order valence-corrected chi connectivity index (χ0v) is 11.4. The first-order chi connectivity index (χ1) is 9.67. The second kappa shape index (κ2) is 4.78. The summed E-state index contributed by atoms with van der Waals surface area (Å²) < 4.78 is 0. The summed E-state index contributed by atoms with van der Waals surface area (Å²) >= 11 is 0. The van der Waals surface area contributed by atoms with Crippen LogP contribution in [0.4, 0.5) is 0 Å². The van der Waals surface area contributed by atoms with E-state index < -0.39 is 0 Å². The SMILES string of the molecule is Cc1ccc(CN2C=C3C(=CNC(N)=C3C#N)C2)cc1. The number of aryl methyl sites for hydroxylation is 1. The van der Waals surface area contributed by atoms with Crippen molar-refractivity contribution in [2.75, 3.05) is 6.54 Å². The number of nitriles is 1. The fraction of sp³-hybridized carbons (Fsp3) is 0.188. The molecule has 100 valence electrons. The minimum atomic E-state index is 0.430. The van der Waals surface area contributed by atoms with Crippen LogP contribution < -0.4 is 11.1 Å². The Balaban J connectivity index is 1.82. The summed E-state index contributed by atoms with van der Waals surface area (Å²) in [4.78, 5) is 2.20. The highest BCUT2D eigenvalue weighted by Crippen LogP contribution is 2.30. The Morgan fingerprint density at radius 3 is 2.80 bits per heavy atom. The third kappa shape index (κ3) is 2.14. The lowest BCUT2D eigenvalue weighted by molar-refractivity contribution is 0.419. The van der Waals surface area contributed by atoms with Crippen LogP contribution in [0.1, 0.15) is 11.1 Å². The van der Waals surface area contributed by atoms with Crippen LogP contribution in [0.15, 0.2) is 59.2 Å². The summed E-state index contributed by atoms with van der Waals surface area (Å²) in [7, 11) is 0. The van der Waals surface area contributed by atoms with Gasteiger partial charge in [-0.25, -0.2) is 0 Å². The highest BCUT2D eigenvalue weighted by Gasteiger charge is 2.25. The van der Waals surface area contributed by atoms with Gasteiger partial charge < -0.3 is 16.0 Å². The highest BCUT2D eigenvalue weighted by atomic mass is 15.1. The number of nitrogens with zero attached hydrogens (tertiary/aromatic N) is 2. The smallest absolute Gasteiger partial charge is 0.119 e. The lowest BCUT2D eigenvalue weighted by Gasteiger charge is -2.16. The van der Waals surface area contributed by atoms with Gasteiger partial charge in [0.05, 0.1) is 0 Å². The molecule has 0 aliphatic carbocycles. The lowest BCUT2D eigenvalue weighted by Crippen LogP contribution is -2.22. The van der Waals surface area contributed by atoms with Crippen molar-refractivity contribution in [1.29, 1.82) is 5.26 Å². The van der Waals surface area contributed by atoms with Gasteiger partial charge in [0.2, 0.25) is 0 Å². The van der Waals surface area contributed by atoms with Crippen molar-refractivity contribution in [1.82, 2.24) is 10.2 Å². The second-order valence-corrected chi connectivity index (χ2v) is 5.15. The molecule has 0 radical (unpaired) electrons. The number of nitrogens with one attached hydrogen (secondary N) is 1. The van der Waals surface area contributed by atoms with Crippen LogP contribution in [0, 0.1) is 18.3 Å². The van der Waals surface area contributed by atoms with Crippen LogP contribution in [-0.2, 0) is 6.54 Å². The van der Waals surface area contributed by atoms with E-state index in [4.69, 9.17) is 5.73 Å². The van der Waals surface area contributed by atoms with Crippen LogP contribution in [0.2, 0.25) is 0 Å². The molecule has 2 heterocycles. The molecule has 0 amide bonds. The van der Waals surface area contributed by atoms with E-state index in [1.54, 1.807) is 0 Å².